The second-order valence-electron chi connectivity index (χ2n) is 5.92. The molecule has 2 heteroatoms. The Morgan fingerprint density at radius 1 is 0.875 bits per heavy atom. The van der Waals surface area contributed by atoms with E-state index in [2.05, 4.69) is 27.4 Å². The van der Waals surface area contributed by atoms with Crippen LogP contribution in [0.3, 0.4) is 0 Å². The summed E-state index contributed by atoms with van der Waals surface area (Å²) in [6.45, 7) is 10.3. The summed E-state index contributed by atoms with van der Waals surface area (Å²) in [6.07, 6.45) is 2.72. The zero-order chi connectivity index (χ0) is 17.7. The predicted octanol–water partition coefficient (Wildman–Crippen LogP) is 5.94. The molecule has 2 rings (SSSR count). The van der Waals surface area contributed by atoms with Crippen LogP contribution in [0.25, 0.3) is 11.1 Å². The van der Waals surface area contributed by atoms with Crippen molar-refractivity contribution >= 4 is 11.1 Å². The maximum Gasteiger partial charge on any atom is 0.115 e. The third-order valence-electron chi connectivity index (χ3n) is 4.02. The van der Waals surface area contributed by atoms with E-state index in [4.69, 9.17) is 0 Å². The molecule has 2 N–H and O–H groups in total. The first-order valence-electron chi connectivity index (χ1n) is 8.10. The van der Waals surface area contributed by atoms with Gasteiger partial charge >= 0.3 is 0 Å². The lowest BCUT2D eigenvalue weighted by Crippen LogP contribution is -1.96. The van der Waals surface area contributed by atoms with Crippen molar-refractivity contribution in [3.05, 3.63) is 83.5 Å². The molecule has 0 aliphatic heterocycles. The predicted molar refractivity (Wildman–Crippen MR) is 102 cm³/mol. The fourth-order valence-electron chi connectivity index (χ4n) is 2.95. The summed E-state index contributed by atoms with van der Waals surface area (Å²) in [5.41, 5.74) is 6.72. The first kappa shape index (κ1) is 17.6. The first-order valence-corrected chi connectivity index (χ1v) is 8.10. The largest absolute Gasteiger partial charge is 0.508 e. The lowest BCUT2D eigenvalue weighted by Gasteiger charge is -2.18. The van der Waals surface area contributed by atoms with E-state index in [0.717, 1.165) is 23.1 Å². The van der Waals surface area contributed by atoms with Gasteiger partial charge in [-0.15, -0.1) is 0 Å². The molecule has 0 radical (unpaired) electrons. The molecule has 0 aliphatic carbocycles. The van der Waals surface area contributed by atoms with E-state index in [1.165, 1.54) is 16.7 Å². The minimum absolute atomic E-state index is 0.251. The molecule has 0 bridgehead atoms. The van der Waals surface area contributed by atoms with Gasteiger partial charge in [-0.05, 0) is 72.4 Å². The molecule has 2 aromatic carbocycles. The standard InChI is InChI=1S/C22H24O2/c1-5-20(16-7-11-18(23)12-8-16)21(6-2)22(15(3)4)17-9-13-19(24)14-10-17/h5,7-14,23-24H,1,6H2,2-4H3/b21-20+. The third-order valence-corrected chi connectivity index (χ3v) is 4.02. The molecule has 2 aromatic rings. The lowest BCUT2D eigenvalue weighted by atomic mass is 9.86. The Balaban J connectivity index is 2.68. The van der Waals surface area contributed by atoms with Gasteiger partial charge in [-0.2, -0.15) is 0 Å². The minimum atomic E-state index is 0.251. The summed E-state index contributed by atoms with van der Waals surface area (Å²) >= 11 is 0. The summed E-state index contributed by atoms with van der Waals surface area (Å²) in [4.78, 5) is 0. The third kappa shape index (κ3) is 3.77. The van der Waals surface area contributed by atoms with E-state index in [9.17, 15) is 10.2 Å². The molecule has 2 nitrogen and oxygen atoms in total. The molecule has 0 atom stereocenters. The number of benzene rings is 2. The Morgan fingerprint density at radius 3 is 1.71 bits per heavy atom. The fraction of sp³-hybridized carbons (Fsp3) is 0.182. The SMILES string of the molecule is C=C/C(=C(/CC)C(=C(C)C)c1ccc(O)cc1)c1ccc(O)cc1. The average Bonchev–Trinajstić information content (AvgIpc) is 2.57. The molecule has 0 spiro atoms. The normalized spacial score (nSPS) is 11.6. The topological polar surface area (TPSA) is 40.5 Å². The van der Waals surface area contributed by atoms with Gasteiger partial charge < -0.3 is 10.2 Å². The number of allylic oxidation sites excluding steroid dienone is 5. The van der Waals surface area contributed by atoms with Crippen molar-refractivity contribution < 1.29 is 10.2 Å². The molecule has 0 fully saturated rings. The molecule has 0 unspecified atom stereocenters. The highest BCUT2D eigenvalue weighted by Crippen LogP contribution is 2.36. The van der Waals surface area contributed by atoms with Gasteiger partial charge in [0, 0.05) is 0 Å². The maximum absolute atomic E-state index is 9.56. The molecule has 0 heterocycles. The van der Waals surface area contributed by atoms with E-state index < -0.39 is 0 Å². The highest BCUT2D eigenvalue weighted by molar-refractivity contribution is 5.93. The summed E-state index contributed by atoms with van der Waals surface area (Å²) in [5, 5.41) is 19.1. The van der Waals surface area contributed by atoms with Crippen molar-refractivity contribution in [1.29, 1.82) is 0 Å². The molecule has 24 heavy (non-hydrogen) atoms. The minimum Gasteiger partial charge on any atom is -0.508 e. The summed E-state index contributed by atoms with van der Waals surface area (Å²) in [7, 11) is 0. The number of phenolic OH excluding ortho intramolecular Hbond substituents is 2. The maximum atomic E-state index is 9.56. The number of hydrogen-bond donors (Lipinski definition) is 2. The van der Waals surface area contributed by atoms with E-state index >= 15 is 0 Å². The second-order valence-corrected chi connectivity index (χ2v) is 5.92. The van der Waals surface area contributed by atoms with E-state index in [1.807, 2.05) is 30.3 Å². The van der Waals surface area contributed by atoms with Gasteiger partial charge in [0.05, 0.1) is 0 Å². The molecule has 0 amide bonds. The first-order chi connectivity index (χ1) is 11.5. The van der Waals surface area contributed by atoms with Gasteiger partial charge in [0.25, 0.3) is 0 Å². The quantitative estimate of drug-likeness (QED) is 0.669. The summed E-state index contributed by atoms with van der Waals surface area (Å²) in [5.74, 6) is 0.512. The number of hydrogen-bond acceptors (Lipinski definition) is 2. The van der Waals surface area contributed by atoms with E-state index in [0.29, 0.717) is 0 Å². The number of aromatic hydroxyl groups is 2. The highest BCUT2D eigenvalue weighted by Gasteiger charge is 2.14. The van der Waals surface area contributed by atoms with Crippen LogP contribution in [0.2, 0.25) is 0 Å². The van der Waals surface area contributed by atoms with Gasteiger partial charge in [-0.3, -0.25) is 0 Å². The van der Waals surface area contributed by atoms with Gasteiger partial charge in [-0.1, -0.05) is 49.4 Å². The van der Waals surface area contributed by atoms with Crippen LogP contribution in [0.1, 0.15) is 38.3 Å². The highest BCUT2D eigenvalue weighted by atomic mass is 16.3. The van der Waals surface area contributed by atoms with Crippen LogP contribution in [0.4, 0.5) is 0 Å². The van der Waals surface area contributed by atoms with Gasteiger partial charge in [-0.25, -0.2) is 0 Å². The van der Waals surface area contributed by atoms with Crippen LogP contribution >= 0.6 is 0 Å². The van der Waals surface area contributed by atoms with Crippen LogP contribution in [-0.4, -0.2) is 10.2 Å². The lowest BCUT2D eigenvalue weighted by molar-refractivity contribution is 0.474. The number of phenols is 2. The van der Waals surface area contributed by atoms with Crippen molar-refractivity contribution in [1.82, 2.24) is 0 Å². The molecule has 0 aliphatic rings. The monoisotopic (exact) mass is 320 g/mol. The Morgan fingerprint density at radius 2 is 1.33 bits per heavy atom. The van der Waals surface area contributed by atoms with Crippen LogP contribution in [0.5, 0.6) is 11.5 Å². The van der Waals surface area contributed by atoms with Crippen LogP contribution in [0, 0.1) is 0 Å². The van der Waals surface area contributed by atoms with Crippen LogP contribution in [-0.2, 0) is 0 Å². The van der Waals surface area contributed by atoms with Gasteiger partial charge in [0.15, 0.2) is 0 Å². The molecule has 0 saturated heterocycles. The number of rotatable bonds is 5. The molecule has 124 valence electrons. The average molecular weight is 320 g/mol. The Labute approximate surface area is 144 Å². The van der Waals surface area contributed by atoms with Crippen LogP contribution < -0.4 is 0 Å². The smallest absolute Gasteiger partial charge is 0.115 e. The molecular weight excluding hydrogens is 296 g/mol. The van der Waals surface area contributed by atoms with Gasteiger partial charge in [0.2, 0.25) is 0 Å². The Hall–Kier alpha value is -2.74. The Kier molecular flexibility index (Phi) is 5.64. The Bertz CT molecular complexity index is 723. The zero-order valence-electron chi connectivity index (χ0n) is 14.5. The molecular formula is C22H24O2. The summed E-state index contributed by atoms with van der Waals surface area (Å²) < 4.78 is 0. The fourth-order valence-corrected chi connectivity index (χ4v) is 2.95. The molecule has 0 aromatic heterocycles. The van der Waals surface area contributed by atoms with Crippen molar-refractivity contribution in [2.75, 3.05) is 0 Å². The van der Waals surface area contributed by atoms with Gasteiger partial charge in [0.1, 0.15) is 11.5 Å². The van der Waals surface area contributed by atoms with Crippen LogP contribution in [0.15, 0.2) is 72.3 Å². The van der Waals surface area contributed by atoms with E-state index in [-0.39, 0.29) is 11.5 Å². The van der Waals surface area contributed by atoms with E-state index in [1.54, 1.807) is 24.3 Å². The zero-order valence-corrected chi connectivity index (χ0v) is 14.5. The second kappa shape index (κ2) is 7.69. The molecule has 0 saturated carbocycles. The van der Waals surface area contributed by atoms with Crippen molar-refractivity contribution in [3.8, 4) is 11.5 Å². The van der Waals surface area contributed by atoms with Crippen molar-refractivity contribution in [2.24, 2.45) is 0 Å². The summed E-state index contributed by atoms with van der Waals surface area (Å²) in [6, 6.07) is 14.5. The van der Waals surface area contributed by atoms with Crippen molar-refractivity contribution in [2.45, 2.75) is 27.2 Å². The van der Waals surface area contributed by atoms with Crippen molar-refractivity contribution in [3.63, 3.8) is 0 Å².